The molecule has 21 heteroatoms. The van der Waals surface area contributed by atoms with Gasteiger partial charge in [-0.1, -0.05) is 26.3 Å². The van der Waals surface area contributed by atoms with Crippen LogP contribution in [0.25, 0.3) is 0 Å². The SMILES string of the molecule is C=C(OC(C)C)C(CC(=O)[O-])(OC(C)C)OC(C)C.C=C(OC(C)C)C(CC(=O)[O-])(OC(C)C)OC(C)C.C=C(OC(C)C)C(CC(=O)[O-])(OC(C)C)OC(C)C.C=C(OC(C)C)C(CC(=O)[O-])(OC(C)C)OC(C)C.[Ti+4]. The third-order valence-electron chi connectivity index (χ3n) is 8.13. The van der Waals surface area contributed by atoms with E-state index in [1.54, 1.807) is 111 Å². The Hall–Kier alpha value is -3.57. The maximum absolute atomic E-state index is 11.0. The van der Waals surface area contributed by atoms with Crippen LogP contribution in [0.1, 0.15) is 192 Å². The molecule has 0 aliphatic heterocycles. The van der Waals surface area contributed by atoms with Gasteiger partial charge >= 0.3 is 21.7 Å². The molecular weight excluding hydrogens is 1040 g/mol. The molecule has 0 aliphatic carbocycles. The second-order valence-corrected chi connectivity index (χ2v) is 20.9. The molecule has 20 nitrogen and oxygen atoms in total. The number of hydrogen-bond acceptors (Lipinski definition) is 20. The summed E-state index contributed by atoms with van der Waals surface area (Å²) in [6.07, 6.45) is -4.42. The van der Waals surface area contributed by atoms with Gasteiger partial charge in [0.15, 0.2) is 0 Å². The Balaban J connectivity index is -0.000000298. The fraction of sp³-hybridized carbons (Fsp3) is 0.786. The van der Waals surface area contributed by atoms with Crippen LogP contribution >= 0.6 is 0 Å². The molecule has 0 spiro atoms. The standard InChI is InChI=1S/4C14H26O5.Ti/c4*1-9(2)17-12(7)14(8-13(15)16,18-10(3)4)19-11(5)6;/h4*9-11H,7-8H2,1-6H3,(H,15,16);/q;;;;+4/p-4. The van der Waals surface area contributed by atoms with Crippen molar-refractivity contribution in [1.82, 2.24) is 0 Å². The van der Waals surface area contributed by atoms with E-state index >= 15 is 0 Å². The van der Waals surface area contributed by atoms with Gasteiger partial charge in [-0.3, -0.25) is 0 Å². The molecule has 0 radical (unpaired) electrons. The van der Waals surface area contributed by atoms with E-state index in [4.69, 9.17) is 56.8 Å². The molecule has 0 atom stereocenters. The number of aliphatic carboxylic acids is 4. The van der Waals surface area contributed by atoms with Gasteiger partial charge in [-0.25, -0.2) is 0 Å². The van der Waals surface area contributed by atoms with E-state index in [2.05, 4.69) is 26.3 Å². The molecule has 0 rings (SSSR count). The minimum absolute atomic E-state index is 0. The fourth-order valence-electron chi connectivity index (χ4n) is 6.67. The summed E-state index contributed by atoms with van der Waals surface area (Å²) in [5.41, 5.74) is 0. The van der Waals surface area contributed by atoms with Crippen molar-refractivity contribution in [2.75, 3.05) is 0 Å². The molecule has 0 heterocycles. The second-order valence-electron chi connectivity index (χ2n) is 20.9. The molecule has 0 bridgehead atoms. The Morgan fingerprint density at radius 3 is 0.442 bits per heavy atom. The molecule has 0 aromatic rings. The van der Waals surface area contributed by atoms with Crippen LogP contribution in [0.5, 0.6) is 0 Å². The maximum Gasteiger partial charge on any atom is 4.00 e. The largest absolute Gasteiger partial charge is 4.00 e. The van der Waals surface area contributed by atoms with Crippen molar-refractivity contribution in [2.24, 2.45) is 0 Å². The van der Waals surface area contributed by atoms with E-state index in [-0.39, 0.29) is 118 Å². The van der Waals surface area contributed by atoms with Crippen molar-refractivity contribution >= 4 is 23.9 Å². The van der Waals surface area contributed by atoms with Crippen molar-refractivity contribution in [3.63, 3.8) is 0 Å². The molecule has 0 unspecified atom stereocenters. The number of rotatable bonds is 36. The number of carboxylic acids is 4. The quantitative estimate of drug-likeness (QED) is 0.0371. The van der Waals surface area contributed by atoms with Gasteiger partial charge in [0.1, 0.15) is 23.0 Å². The molecule has 0 fully saturated rings. The average Bonchev–Trinajstić information content (AvgIpc) is 3.14. The zero-order valence-corrected chi connectivity index (χ0v) is 52.8. The van der Waals surface area contributed by atoms with Crippen molar-refractivity contribution in [2.45, 2.75) is 288 Å². The van der Waals surface area contributed by atoms with Crippen LogP contribution in [0.2, 0.25) is 0 Å². The fourth-order valence-corrected chi connectivity index (χ4v) is 6.67. The molecular formula is C56H100O20Ti. The van der Waals surface area contributed by atoms with Gasteiger partial charge in [0.25, 0.3) is 0 Å². The normalized spacial score (nSPS) is 12.1. The average molecular weight is 1140 g/mol. The van der Waals surface area contributed by atoms with Gasteiger partial charge in [0, 0.05) is 49.6 Å². The second kappa shape index (κ2) is 39.7. The van der Waals surface area contributed by atoms with E-state index in [0.29, 0.717) is 0 Å². The Bertz CT molecular complexity index is 1440. The minimum Gasteiger partial charge on any atom is -0.550 e. The number of ether oxygens (including phenoxy) is 12. The van der Waals surface area contributed by atoms with Crippen LogP contribution in [-0.2, 0) is 97.7 Å². The first-order chi connectivity index (χ1) is 34.3. The molecule has 0 aromatic carbocycles. The summed E-state index contributed by atoms with van der Waals surface area (Å²) < 4.78 is 67.2. The van der Waals surface area contributed by atoms with E-state index in [1.807, 2.05) is 55.4 Å². The van der Waals surface area contributed by atoms with Gasteiger partial charge in [0.05, 0.1) is 73.2 Å². The van der Waals surface area contributed by atoms with E-state index < -0.39 is 72.7 Å². The first-order valence-corrected chi connectivity index (χ1v) is 26.0. The number of carboxylic acid groups (broad SMARTS) is 4. The molecule has 448 valence electrons. The van der Waals surface area contributed by atoms with E-state index in [9.17, 15) is 39.6 Å². The smallest absolute Gasteiger partial charge is 0.550 e. The van der Waals surface area contributed by atoms with E-state index in [1.165, 1.54) is 0 Å². The van der Waals surface area contributed by atoms with Gasteiger partial charge in [-0.15, -0.1) is 0 Å². The van der Waals surface area contributed by atoms with Crippen molar-refractivity contribution in [3.8, 4) is 0 Å². The number of carbonyl (C=O) groups excluding carboxylic acids is 4. The summed E-state index contributed by atoms with van der Waals surface area (Å²) in [5, 5.41) is 44.0. The molecule has 0 N–H and O–H groups in total. The summed E-state index contributed by atoms with van der Waals surface area (Å²) in [6, 6.07) is 0. The first-order valence-electron chi connectivity index (χ1n) is 26.0. The molecule has 77 heavy (non-hydrogen) atoms. The summed E-state index contributed by atoms with van der Waals surface area (Å²) in [6.45, 7) is 58.2. The minimum atomic E-state index is -1.52. The monoisotopic (exact) mass is 1140 g/mol. The summed E-state index contributed by atoms with van der Waals surface area (Å²) in [5.74, 6) is -10.6. The van der Waals surface area contributed by atoms with Crippen LogP contribution in [0, 0.1) is 0 Å². The third-order valence-corrected chi connectivity index (χ3v) is 8.13. The van der Waals surface area contributed by atoms with Crippen LogP contribution in [0.4, 0.5) is 0 Å². The number of hydrogen-bond donors (Lipinski definition) is 0. The van der Waals surface area contributed by atoms with Gasteiger partial charge in [-0.05, 0) is 166 Å². The molecule has 0 amide bonds. The molecule has 0 aromatic heterocycles. The Morgan fingerprint density at radius 2 is 0.377 bits per heavy atom. The van der Waals surface area contributed by atoms with Crippen LogP contribution in [0.3, 0.4) is 0 Å². The van der Waals surface area contributed by atoms with Crippen LogP contribution in [0.15, 0.2) is 49.4 Å². The summed E-state index contributed by atoms with van der Waals surface area (Å²) in [7, 11) is 0. The summed E-state index contributed by atoms with van der Waals surface area (Å²) >= 11 is 0. The topological polar surface area (TPSA) is 271 Å². The predicted octanol–water partition coefficient (Wildman–Crippen LogP) is 6.44. The van der Waals surface area contributed by atoms with E-state index in [0.717, 1.165) is 0 Å². The van der Waals surface area contributed by atoms with Crippen molar-refractivity contribution in [1.29, 1.82) is 0 Å². The molecule has 0 saturated heterocycles. The van der Waals surface area contributed by atoms with Crippen molar-refractivity contribution in [3.05, 3.63) is 49.4 Å². The Morgan fingerprint density at radius 1 is 0.273 bits per heavy atom. The number of carbonyl (C=O) groups is 4. The zero-order chi connectivity index (χ0) is 60.9. The first kappa shape index (κ1) is 82.3. The predicted molar refractivity (Wildman–Crippen MR) is 281 cm³/mol. The van der Waals surface area contributed by atoms with Crippen LogP contribution in [-0.4, -0.2) is 120 Å². The third kappa shape index (κ3) is 38.6. The zero-order valence-electron chi connectivity index (χ0n) is 51.3. The van der Waals surface area contributed by atoms with Gasteiger partial charge < -0.3 is 96.4 Å². The van der Waals surface area contributed by atoms with Gasteiger partial charge in [0.2, 0.25) is 23.1 Å². The van der Waals surface area contributed by atoms with Gasteiger partial charge in [-0.2, -0.15) is 0 Å². The Kier molecular flexibility index (Phi) is 42.5. The van der Waals surface area contributed by atoms with Crippen molar-refractivity contribution < 1.29 is 118 Å². The molecule has 0 saturated carbocycles. The summed E-state index contributed by atoms with van der Waals surface area (Å²) in [4.78, 5) is 44.0. The van der Waals surface area contributed by atoms with Crippen LogP contribution < -0.4 is 20.4 Å². The Labute approximate surface area is 477 Å². The maximum atomic E-state index is 11.0. The molecule has 0 aliphatic rings.